The van der Waals surface area contributed by atoms with Gasteiger partial charge in [0.1, 0.15) is 0 Å². The second-order valence-electron chi connectivity index (χ2n) is 4.64. The molecule has 6 heteroatoms. The molecule has 0 saturated carbocycles. The zero-order chi connectivity index (χ0) is 14.7. The second-order valence-corrected chi connectivity index (χ2v) is 4.64. The third-order valence-electron chi connectivity index (χ3n) is 3.10. The third-order valence-corrected chi connectivity index (χ3v) is 3.10. The number of nitrogens with zero attached hydrogens (tertiary/aromatic N) is 2. The number of benzene rings is 1. The highest BCUT2D eigenvalue weighted by Gasteiger charge is 2.30. The number of likely N-dealkylation sites (N-methyl/N-ethyl adjacent to an activating group) is 1. The Balaban J connectivity index is 2.16. The number of oxime groups is 1. The van der Waals surface area contributed by atoms with Crippen LogP contribution in [0.15, 0.2) is 23.4 Å². The average molecular weight is 278 g/mol. The lowest BCUT2D eigenvalue weighted by atomic mass is 10.0. The van der Waals surface area contributed by atoms with Crippen molar-refractivity contribution in [1.82, 2.24) is 4.90 Å². The molecule has 0 aliphatic carbocycles. The number of hydrogen-bond donors (Lipinski definition) is 0. The van der Waals surface area contributed by atoms with E-state index >= 15 is 0 Å². The molecule has 0 saturated heterocycles. The van der Waals surface area contributed by atoms with Crippen molar-refractivity contribution in [2.24, 2.45) is 5.16 Å². The van der Waals surface area contributed by atoms with E-state index in [0.717, 1.165) is 11.3 Å². The van der Waals surface area contributed by atoms with Gasteiger partial charge in [0.15, 0.2) is 11.5 Å². The standard InChI is InChI=1S/C14H18N2O4/c1-16(2)14(17)13-8-10(15-20-13)9-5-6-11(18-3)12(7-9)19-4/h5-7,13H,8H2,1-4H3/t13-/m0/s1. The first kappa shape index (κ1) is 14.2. The summed E-state index contributed by atoms with van der Waals surface area (Å²) in [4.78, 5) is 18.5. The smallest absolute Gasteiger partial charge is 0.266 e. The molecule has 0 N–H and O–H groups in total. The Morgan fingerprint density at radius 2 is 2.00 bits per heavy atom. The molecule has 20 heavy (non-hydrogen) atoms. The first-order chi connectivity index (χ1) is 9.56. The molecule has 2 rings (SSSR count). The maximum atomic E-state index is 11.8. The normalized spacial score (nSPS) is 17.2. The van der Waals surface area contributed by atoms with Crippen molar-refractivity contribution in [2.45, 2.75) is 12.5 Å². The lowest BCUT2D eigenvalue weighted by Crippen LogP contribution is -2.33. The molecular formula is C14H18N2O4. The highest BCUT2D eigenvalue weighted by atomic mass is 16.6. The predicted molar refractivity (Wildman–Crippen MR) is 74.3 cm³/mol. The van der Waals surface area contributed by atoms with Crippen LogP contribution in [-0.4, -0.2) is 50.9 Å². The number of amides is 1. The van der Waals surface area contributed by atoms with Gasteiger partial charge in [-0.2, -0.15) is 0 Å². The van der Waals surface area contributed by atoms with Crippen LogP contribution < -0.4 is 9.47 Å². The maximum absolute atomic E-state index is 11.8. The summed E-state index contributed by atoms with van der Waals surface area (Å²) in [5, 5.41) is 3.99. The third kappa shape index (κ3) is 2.68. The molecule has 0 radical (unpaired) electrons. The van der Waals surface area contributed by atoms with Gasteiger partial charge in [-0.05, 0) is 18.2 Å². The summed E-state index contributed by atoms with van der Waals surface area (Å²) in [5.41, 5.74) is 1.59. The van der Waals surface area contributed by atoms with Crippen molar-refractivity contribution in [1.29, 1.82) is 0 Å². The van der Waals surface area contributed by atoms with E-state index in [9.17, 15) is 4.79 Å². The number of rotatable bonds is 4. The molecule has 1 aromatic rings. The summed E-state index contributed by atoms with van der Waals surface area (Å²) in [6.45, 7) is 0. The minimum Gasteiger partial charge on any atom is -0.493 e. The van der Waals surface area contributed by atoms with Gasteiger partial charge in [-0.25, -0.2) is 0 Å². The molecule has 1 amide bonds. The fourth-order valence-electron chi connectivity index (χ4n) is 1.98. The van der Waals surface area contributed by atoms with Crippen LogP contribution >= 0.6 is 0 Å². The zero-order valence-corrected chi connectivity index (χ0v) is 12.0. The zero-order valence-electron chi connectivity index (χ0n) is 12.0. The predicted octanol–water partition coefficient (Wildman–Crippen LogP) is 1.28. The SMILES string of the molecule is COc1ccc(C2=NO[C@H](C(=O)N(C)C)C2)cc1OC. The van der Waals surface area contributed by atoms with Crippen molar-refractivity contribution in [3.05, 3.63) is 23.8 Å². The minimum atomic E-state index is -0.548. The minimum absolute atomic E-state index is 0.0933. The van der Waals surface area contributed by atoms with Gasteiger partial charge >= 0.3 is 0 Å². The summed E-state index contributed by atoms with van der Waals surface area (Å²) in [5.74, 6) is 1.18. The van der Waals surface area contributed by atoms with E-state index in [4.69, 9.17) is 14.3 Å². The fraction of sp³-hybridized carbons (Fsp3) is 0.429. The van der Waals surface area contributed by atoms with Crippen molar-refractivity contribution in [3.8, 4) is 11.5 Å². The van der Waals surface area contributed by atoms with Gasteiger partial charge in [-0.1, -0.05) is 5.16 Å². The maximum Gasteiger partial charge on any atom is 0.266 e. The first-order valence-electron chi connectivity index (χ1n) is 6.23. The Morgan fingerprint density at radius 3 is 2.60 bits per heavy atom. The lowest BCUT2D eigenvalue weighted by molar-refractivity contribution is -0.139. The van der Waals surface area contributed by atoms with Crippen LogP contribution in [0, 0.1) is 0 Å². The quantitative estimate of drug-likeness (QED) is 0.832. The molecule has 0 aromatic heterocycles. The number of methoxy groups -OCH3 is 2. The number of carbonyl (C=O) groups excluding carboxylic acids is 1. The molecule has 108 valence electrons. The van der Waals surface area contributed by atoms with E-state index in [0.29, 0.717) is 17.9 Å². The number of carbonyl (C=O) groups is 1. The van der Waals surface area contributed by atoms with Crippen LogP contribution in [0.5, 0.6) is 11.5 Å². The highest BCUT2D eigenvalue weighted by molar-refractivity contribution is 6.04. The lowest BCUT2D eigenvalue weighted by Gasteiger charge is -2.14. The average Bonchev–Trinajstić information content (AvgIpc) is 2.95. The van der Waals surface area contributed by atoms with Gasteiger partial charge in [0, 0.05) is 26.1 Å². The molecule has 1 aromatic carbocycles. The molecule has 0 spiro atoms. The van der Waals surface area contributed by atoms with Gasteiger partial charge in [0.25, 0.3) is 5.91 Å². The first-order valence-corrected chi connectivity index (χ1v) is 6.23. The van der Waals surface area contributed by atoms with E-state index in [1.165, 1.54) is 4.90 Å². The molecule has 6 nitrogen and oxygen atoms in total. The molecule has 1 heterocycles. The van der Waals surface area contributed by atoms with Crippen molar-refractivity contribution in [3.63, 3.8) is 0 Å². The summed E-state index contributed by atoms with van der Waals surface area (Å²) < 4.78 is 10.4. The van der Waals surface area contributed by atoms with Crippen LogP contribution in [0.4, 0.5) is 0 Å². The van der Waals surface area contributed by atoms with Crippen LogP contribution in [0.3, 0.4) is 0 Å². The van der Waals surface area contributed by atoms with Crippen molar-refractivity contribution < 1.29 is 19.1 Å². The Labute approximate surface area is 117 Å². The van der Waals surface area contributed by atoms with Crippen LogP contribution in [0.25, 0.3) is 0 Å². The van der Waals surface area contributed by atoms with Crippen molar-refractivity contribution >= 4 is 11.6 Å². The van der Waals surface area contributed by atoms with Crippen molar-refractivity contribution in [2.75, 3.05) is 28.3 Å². The van der Waals surface area contributed by atoms with Gasteiger partial charge in [-0.3, -0.25) is 4.79 Å². The molecule has 0 bridgehead atoms. The number of hydrogen-bond acceptors (Lipinski definition) is 5. The van der Waals surface area contributed by atoms with Crippen LogP contribution in [0.1, 0.15) is 12.0 Å². The van der Waals surface area contributed by atoms with E-state index in [-0.39, 0.29) is 5.91 Å². The van der Waals surface area contributed by atoms with Gasteiger partial charge in [0.05, 0.1) is 19.9 Å². The molecule has 1 aliphatic rings. The Kier molecular flexibility index (Phi) is 4.12. The van der Waals surface area contributed by atoms with Gasteiger partial charge < -0.3 is 19.2 Å². The molecular weight excluding hydrogens is 260 g/mol. The van der Waals surface area contributed by atoms with E-state index in [1.807, 2.05) is 12.1 Å². The summed E-state index contributed by atoms with van der Waals surface area (Å²) in [7, 11) is 6.55. The molecule has 1 atom stereocenters. The van der Waals surface area contributed by atoms with Crippen LogP contribution in [0.2, 0.25) is 0 Å². The topological polar surface area (TPSA) is 60.4 Å². The molecule has 0 fully saturated rings. The summed E-state index contributed by atoms with van der Waals surface area (Å²) >= 11 is 0. The Morgan fingerprint density at radius 1 is 1.30 bits per heavy atom. The second kappa shape index (κ2) is 5.81. The van der Waals surface area contributed by atoms with E-state index in [1.54, 1.807) is 34.4 Å². The monoisotopic (exact) mass is 278 g/mol. The van der Waals surface area contributed by atoms with Gasteiger partial charge in [-0.15, -0.1) is 0 Å². The van der Waals surface area contributed by atoms with Crippen LogP contribution in [-0.2, 0) is 9.63 Å². The van der Waals surface area contributed by atoms with E-state index < -0.39 is 6.10 Å². The highest BCUT2D eigenvalue weighted by Crippen LogP contribution is 2.29. The molecule has 0 unspecified atom stereocenters. The Bertz CT molecular complexity index is 540. The molecule has 1 aliphatic heterocycles. The largest absolute Gasteiger partial charge is 0.493 e. The summed E-state index contributed by atoms with van der Waals surface area (Å²) in [6.07, 6.45) is -0.0972. The van der Waals surface area contributed by atoms with Gasteiger partial charge in [0.2, 0.25) is 6.10 Å². The fourth-order valence-corrected chi connectivity index (χ4v) is 1.98. The Hall–Kier alpha value is -2.24. The summed E-state index contributed by atoms with van der Waals surface area (Å²) in [6, 6.07) is 5.49. The van der Waals surface area contributed by atoms with E-state index in [2.05, 4.69) is 5.16 Å². The number of ether oxygens (including phenoxy) is 2.